The van der Waals surface area contributed by atoms with Gasteiger partial charge in [0.2, 0.25) is 5.91 Å². The van der Waals surface area contributed by atoms with Crippen LogP contribution < -0.4 is 10.6 Å². The minimum Gasteiger partial charge on any atom is -0.383 e. The molecule has 1 aromatic rings. The van der Waals surface area contributed by atoms with Crippen LogP contribution in [0.15, 0.2) is 24.4 Å². The fourth-order valence-electron chi connectivity index (χ4n) is 2.30. The number of hydrogen-bond donors (Lipinski definition) is 4. The summed E-state index contributed by atoms with van der Waals surface area (Å²) >= 11 is 0. The van der Waals surface area contributed by atoms with Crippen LogP contribution in [0.2, 0.25) is 0 Å². The van der Waals surface area contributed by atoms with Gasteiger partial charge in [0.1, 0.15) is 18.0 Å². The highest BCUT2D eigenvalue weighted by Gasteiger charge is 2.36. The maximum absolute atomic E-state index is 12.6. The van der Waals surface area contributed by atoms with Crippen LogP contribution in [0.5, 0.6) is 0 Å². The van der Waals surface area contributed by atoms with Crippen LogP contribution in [0, 0.1) is 18.3 Å². The van der Waals surface area contributed by atoms with Crippen molar-refractivity contribution in [3.63, 3.8) is 0 Å². The third-order valence-electron chi connectivity index (χ3n) is 3.93. The lowest BCUT2D eigenvalue weighted by molar-refractivity contribution is -0.163. The van der Waals surface area contributed by atoms with Gasteiger partial charge in [0.15, 0.2) is 0 Å². The van der Waals surface area contributed by atoms with Gasteiger partial charge in [-0.15, -0.1) is 5.06 Å². The van der Waals surface area contributed by atoms with E-state index in [1.165, 1.54) is 6.20 Å². The van der Waals surface area contributed by atoms with E-state index >= 15 is 0 Å². The van der Waals surface area contributed by atoms with E-state index in [0.29, 0.717) is 12.2 Å². The first-order chi connectivity index (χ1) is 12.9. The summed E-state index contributed by atoms with van der Waals surface area (Å²) in [4.78, 5) is 40.9. The lowest BCUT2D eigenvalue weighted by Crippen LogP contribution is -2.56. The number of aliphatic hydroxyl groups excluding tert-OH is 1. The van der Waals surface area contributed by atoms with Crippen molar-refractivity contribution in [2.75, 3.05) is 5.32 Å². The average Bonchev–Trinajstić information content (AvgIpc) is 2.62. The van der Waals surface area contributed by atoms with Crippen molar-refractivity contribution in [3.8, 4) is 0 Å². The number of aromatic nitrogens is 1. The normalized spacial score (nSPS) is 13.6. The van der Waals surface area contributed by atoms with Gasteiger partial charge in [-0.2, -0.15) is 0 Å². The predicted octanol–water partition coefficient (Wildman–Crippen LogP) is 1.97. The lowest BCUT2D eigenvalue weighted by atomic mass is 9.86. The van der Waals surface area contributed by atoms with E-state index < -0.39 is 35.4 Å². The van der Waals surface area contributed by atoms with Gasteiger partial charge in [0, 0.05) is 6.20 Å². The molecule has 4 N–H and O–H groups in total. The molecule has 0 aromatic carbocycles. The van der Waals surface area contributed by atoms with Gasteiger partial charge in [-0.1, -0.05) is 40.7 Å². The summed E-state index contributed by atoms with van der Waals surface area (Å²) in [6.45, 7) is 10.7. The zero-order valence-electron chi connectivity index (χ0n) is 16.7. The van der Waals surface area contributed by atoms with E-state index in [4.69, 9.17) is 0 Å². The number of hydrogen-bond acceptors (Lipinski definition) is 6. The smallest absolute Gasteiger partial charge is 0.349 e. The monoisotopic (exact) mass is 393 g/mol. The summed E-state index contributed by atoms with van der Waals surface area (Å²) in [5.41, 5.74) is -0.736. The second-order valence-electron chi connectivity index (χ2n) is 7.80. The Labute approximate surface area is 165 Å². The van der Waals surface area contributed by atoms with E-state index in [2.05, 4.69) is 22.5 Å². The van der Waals surface area contributed by atoms with Gasteiger partial charge in [-0.05, 0) is 36.3 Å². The van der Waals surface area contributed by atoms with Crippen molar-refractivity contribution in [2.24, 2.45) is 11.3 Å². The van der Waals surface area contributed by atoms with Crippen LogP contribution in [0.25, 0.3) is 0 Å². The second-order valence-corrected chi connectivity index (χ2v) is 7.80. The topological polar surface area (TPSA) is 132 Å². The molecule has 9 nitrogen and oxygen atoms in total. The maximum Gasteiger partial charge on any atom is 0.349 e. The number of anilines is 1. The van der Waals surface area contributed by atoms with Gasteiger partial charge in [0.05, 0.1) is 0 Å². The molecular weight excluding hydrogens is 364 g/mol. The number of nitrogens with one attached hydrogen (secondary N) is 2. The summed E-state index contributed by atoms with van der Waals surface area (Å²) < 4.78 is 0. The highest BCUT2D eigenvalue weighted by atomic mass is 16.5. The molecule has 0 aliphatic heterocycles. The zero-order chi connectivity index (χ0) is 21.5. The Morgan fingerprint density at radius 1 is 1.25 bits per heavy atom. The summed E-state index contributed by atoms with van der Waals surface area (Å²) in [6, 6.07) is 2.68. The number of aliphatic hydroxyl groups is 1. The van der Waals surface area contributed by atoms with E-state index in [1.807, 2.05) is 6.92 Å². The van der Waals surface area contributed by atoms with Crippen molar-refractivity contribution >= 4 is 23.7 Å². The summed E-state index contributed by atoms with van der Waals surface area (Å²) in [6.07, 6.45) is 0.453. The van der Waals surface area contributed by atoms with Gasteiger partial charge in [-0.3, -0.25) is 14.8 Å². The van der Waals surface area contributed by atoms with E-state index in [-0.39, 0.29) is 17.4 Å². The molecule has 1 unspecified atom stereocenters. The maximum atomic E-state index is 12.6. The third kappa shape index (κ3) is 7.24. The Hall–Kier alpha value is -2.52. The fraction of sp³-hybridized carbons (Fsp3) is 0.526. The second kappa shape index (κ2) is 10.1. The minimum atomic E-state index is -1.55. The molecule has 0 aliphatic rings. The first-order valence-electron chi connectivity index (χ1n) is 9.00. The van der Waals surface area contributed by atoms with E-state index in [0.717, 1.165) is 0 Å². The molecule has 1 radical (unpaired) electrons. The molecule has 3 atom stereocenters. The summed E-state index contributed by atoms with van der Waals surface area (Å²) in [5, 5.41) is 24.4. The molecule has 0 bridgehead atoms. The molecule has 1 rings (SSSR count). The van der Waals surface area contributed by atoms with Gasteiger partial charge >= 0.3 is 6.03 Å². The molecule has 0 spiro atoms. The Morgan fingerprint density at radius 2 is 1.89 bits per heavy atom. The van der Waals surface area contributed by atoms with Crippen molar-refractivity contribution in [1.82, 2.24) is 15.4 Å². The molecule has 4 amide bonds. The number of pyridine rings is 1. The Bertz CT molecular complexity index is 673. The fourth-order valence-corrected chi connectivity index (χ4v) is 2.30. The van der Waals surface area contributed by atoms with Crippen LogP contribution >= 0.6 is 0 Å². The first-order valence-corrected chi connectivity index (χ1v) is 9.00. The Balaban J connectivity index is 2.81. The third-order valence-corrected chi connectivity index (χ3v) is 3.93. The standard InChI is InChI=1S/C19H29N4O5/c1-12(2)9-10-13(24)17(26)23(28)18(27)22-15(19(3,4)5)16(25)21-14-8-6-7-11-20-14/h6-8,11-13,15,24,28H,1,9-10H2,2-5H3,(H,22,27)(H,20,21,25)/t12?,13-,15+/m0/s1. The van der Waals surface area contributed by atoms with Crippen molar-refractivity contribution < 1.29 is 24.7 Å². The number of urea groups is 1. The van der Waals surface area contributed by atoms with Gasteiger partial charge < -0.3 is 15.7 Å². The first kappa shape index (κ1) is 23.5. The highest BCUT2D eigenvalue weighted by molar-refractivity contribution is 6.00. The quantitative estimate of drug-likeness (QED) is 0.414. The summed E-state index contributed by atoms with van der Waals surface area (Å²) in [7, 11) is 0. The molecule has 0 fully saturated rings. The largest absolute Gasteiger partial charge is 0.383 e. The zero-order valence-corrected chi connectivity index (χ0v) is 16.7. The van der Waals surface area contributed by atoms with Crippen molar-refractivity contribution in [3.05, 3.63) is 31.3 Å². The Morgan fingerprint density at radius 3 is 2.39 bits per heavy atom. The van der Waals surface area contributed by atoms with E-state index in [9.17, 15) is 24.7 Å². The highest BCUT2D eigenvalue weighted by Crippen LogP contribution is 2.21. The molecule has 28 heavy (non-hydrogen) atoms. The molecule has 9 heteroatoms. The van der Waals surface area contributed by atoms with E-state index in [1.54, 1.807) is 39.0 Å². The van der Waals surface area contributed by atoms with Gasteiger partial charge in [-0.25, -0.2) is 9.78 Å². The van der Waals surface area contributed by atoms with Crippen LogP contribution in [0.4, 0.5) is 10.6 Å². The van der Waals surface area contributed by atoms with Crippen LogP contribution in [0.3, 0.4) is 0 Å². The molecule has 1 aromatic heterocycles. The Kier molecular flexibility index (Phi) is 8.52. The molecule has 0 saturated carbocycles. The lowest BCUT2D eigenvalue weighted by Gasteiger charge is -2.31. The number of imide groups is 1. The number of carbonyl (C=O) groups excluding carboxylic acids is 3. The van der Waals surface area contributed by atoms with Crippen molar-refractivity contribution in [1.29, 1.82) is 0 Å². The number of nitrogens with zero attached hydrogens (tertiary/aromatic N) is 2. The SMILES string of the molecule is [CH2]C(C)CC[C@H](O)C(=O)N(O)C(=O)N[C@H](C(=O)Nc1ccccn1)C(C)(C)C. The number of carbonyl (C=O) groups is 3. The predicted molar refractivity (Wildman–Crippen MR) is 103 cm³/mol. The molecule has 0 aliphatic carbocycles. The van der Waals surface area contributed by atoms with Crippen LogP contribution in [-0.2, 0) is 9.59 Å². The van der Waals surface area contributed by atoms with Gasteiger partial charge in [0.25, 0.3) is 5.91 Å². The average molecular weight is 393 g/mol. The molecule has 1 heterocycles. The van der Waals surface area contributed by atoms with Crippen LogP contribution in [0.1, 0.15) is 40.5 Å². The minimum absolute atomic E-state index is 0.00369. The molecular formula is C19H29N4O5. The molecule has 0 saturated heterocycles. The molecule has 155 valence electrons. The number of amides is 4. The van der Waals surface area contributed by atoms with Crippen LogP contribution in [-0.4, -0.2) is 50.4 Å². The number of rotatable bonds is 7. The van der Waals surface area contributed by atoms with Crippen molar-refractivity contribution in [2.45, 2.75) is 52.7 Å². The summed E-state index contributed by atoms with van der Waals surface area (Å²) in [5.74, 6) is -1.43. The number of hydroxylamine groups is 2.